The van der Waals surface area contributed by atoms with E-state index in [0.717, 1.165) is 9.70 Å². The second-order valence-corrected chi connectivity index (χ2v) is 8.31. The molecule has 0 spiro atoms. The minimum absolute atomic E-state index is 0.0620. The molecule has 2 atom stereocenters. The molecular weight excluding hydrogens is 475 g/mol. The minimum atomic E-state index is -4.59. The number of rotatable bonds is 5. The van der Waals surface area contributed by atoms with Gasteiger partial charge >= 0.3 is 6.18 Å². The summed E-state index contributed by atoms with van der Waals surface area (Å²) >= 11 is 0. The Morgan fingerprint density at radius 1 is 1.17 bits per heavy atom. The third-order valence-corrected chi connectivity index (χ3v) is 5.61. The Morgan fingerprint density at radius 2 is 1.89 bits per heavy atom. The smallest absolute Gasteiger partial charge is 0.352 e. The third kappa shape index (κ3) is 5.35. The zero-order chi connectivity index (χ0) is 25.4. The van der Waals surface area contributed by atoms with Gasteiger partial charge in [0, 0.05) is 38.6 Å². The number of nitrogens with one attached hydrogen (secondary N) is 1. The van der Waals surface area contributed by atoms with Gasteiger partial charge in [0.15, 0.2) is 5.69 Å². The summed E-state index contributed by atoms with van der Waals surface area (Å²) in [7, 11) is 1.50. The van der Waals surface area contributed by atoms with Crippen LogP contribution in [0.25, 0.3) is 11.4 Å². The molecule has 1 N–H and O–H groups in total. The molecule has 3 aromatic heterocycles. The Labute approximate surface area is 196 Å². The van der Waals surface area contributed by atoms with Crippen LogP contribution in [0.15, 0.2) is 36.8 Å². The number of amides is 1. The number of pyridine rings is 1. The second kappa shape index (κ2) is 9.15. The molecular formula is C21H21F5N8O. The van der Waals surface area contributed by atoms with Crippen molar-refractivity contribution in [3.05, 3.63) is 48.0 Å². The molecule has 3 aromatic rings. The lowest BCUT2D eigenvalue weighted by molar-refractivity contribution is -0.138. The first-order valence-electron chi connectivity index (χ1n) is 10.6. The SMILES string of the molecule is C[C@@H]1CC(F)(F)CN(C(=O)c2nn(C)nc2-c2ccccn2)C1CNc1ncc(C(F)(F)F)cn1. The van der Waals surface area contributed by atoms with Crippen LogP contribution in [-0.2, 0) is 13.2 Å². The number of likely N-dealkylation sites (tertiary alicyclic amines) is 1. The lowest BCUT2D eigenvalue weighted by atomic mass is 9.88. The predicted molar refractivity (Wildman–Crippen MR) is 113 cm³/mol. The van der Waals surface area contributed by atoms with Crippen LogP contribution in [0.4, 0.5) is 27.9 Å². The summed E-state index contributed by atoms with van der Waals surface area (Å²) in [4.78, 5) is 27.1. The van der Waals surface area contributed by atoms with Crippen molar-refractivity contribution in [1.29, 1.82) is 0 Å². The number of aromatic nitrogens is 6. The standard InChI is InChI=1S/C21H21F5N8O/c1-12-7-20(22,23)11-34(15(12)10-30-19-28-8-13(9-29-19)21(24,25)26)18(35)17-16(31-33(2)32-17)14-5-3-4-6-27-14/h3-6,8-9,12,15H,7,10-11H2,1-2H3,(H,28,29,30)/t12-,15?/m1/s1. The van der Waals surface area contributed by atoms with Crippen molar-refractivity contribution in [2.24, 2.45) is 13.0 Å². The summed E-state index contributed by atoms with van der Waals surface area (Å²) in [6.07, 6.45) is -2.31. The highest BCUT2D eigenvalue weighted by Gasteiger charge is 2.47. The first-order valence-corrected chi connectivity index (χ1v) is 10.6. The fourth-order valence-electron chi connectivity index (χ4n) is 4.00. The van der Waals surface area contributed by atoms with Crippen LogP contribution < -0.4 is 5.32 Å². The molecule has 0 saturated carbocycles. The first kappa shape index (κ1) is 24.4. The highest BCUT2D eigenvalue weighted by Crippen LogP contribution is 2.36. The number of halogens is 5. The zero-order valence-corrected chi connectivity index (χ0v) is 18.7. The van der Waals surface area contributed by atoms with E-state index in [2.05, 4.69) is 30.5 Å². The Balaban J connectivity index is 1.60. The fourth-order valence-corrected chi connectivity index (χ4v) is 4.00. The molecule has 1 fully saturated rings. The van der Waals surface area contributed by atoms with Gasteiger partial charge in [-0.3, -0.25) is 9.78 Å². The van der Waals surface area contributed by atoms with E-state index < -0.39 is 48.5 Å². The number of piperidine rings is 1. The second-order valence-electron chi connectivity index (χ2n) is 8.31. The maximum absolute atomic E-state index is 14.5. The van der Waals surface area contributed by atoms with Crippen molar-refractivity contribution in [2.45, 2.75) is 31.5 Å². The van der Waals surface area contributed by atoms with E-state index in [-0.39, 0.29) is 23.9 Å². The van der Waals surface area contributed by atoms with E-state index in [4.69, 9.17) is 0 Å². The number of alkyl halides is 5. The van der Waals surface area contributed by atoms with Gasteiger partial charge in [-0.2, -0.15) is 23.1 Å². The molecule has 1 unspecified atom stereocenters. The van der Waals surface area contributed by atoms with E-state index in [1.54, 1.807) is 25.1 Å². The topological polar surface area (TPSA) is 102 Å². The van der Waals surface area contributed by atoms with Gasteiger partial charge < -0.3 is 10.2 Å². The van der Waals surface area contributed by atoms with Crippen LogP contribution >= 0.6 is 0 Å². The lowest BCUT2D eigenvalue weighted by Crippen LogP contribution is -2.57. The van der Waals surface area contributed by atoms with E-state index in [9.17, 15) is 26.7 Å². The maximum atomic E-state index is 14.5. The number of aryl methyl sites for hydroxylation is 1. The van der Waals surface area contributed by atoms with Crippen molar-refractivity contribution >= 4 is 11.9 Å². The van der Waals surface area contributed by atoms with Crippen molar-refractivity contribution in [3.63, 3.8) is 0 Å². The monoisotopic (exact) mass is 496 g/mol. The van der Waals surface area contributed by atoms with Crippen LogP contribution in [-0.4, -0.2) is 65.8 Å². The molecule has 0 aromatic carbocycles. The van der Waals surface area contributed by atoms with Crippen molar-refractivity contribution in [2.75, 3.05) is 18.4 Å². The molecule has 4 heterocycles. The third-order valence-electron chi connectivity index (χ3n) is 5.61. The van der Waals surface area contributed by atoms with Crippen LogP contribution in [0.5, 0.6) is 0 Å². The average Bonchev–Trinajstić information content (AvgIpc) is 3.19. The van der Waals surface area contributed by atoms with E-state index in [1.165, 1.54) is 13.2 Å². The Bertz CT molecular complexity index is 1180. The summed E-state index contributed by atoms with van der Waals surface area (Å²) in [5, 5.41) is 11.0. The number of carbonyl (C=O) groups is 1. The molecule has 0 bridgehead atoms. The molecule has 1 aliphatic heterocycles. The Kier molecular flexibility index (Phi) is 6.38. The van der Waals surface area contributed by atoms with Crippen LogP contribution in [0.1, 0.15) is 29.4 Å². The average molecular weight is 496 g/mol. The molecule has 9 nitrogen and oxygen atoms in total. The number of nitrogens with zero attached hydrogens (tertiary/aromatic N) is 7. The van der Waals surface area contributed by atoms with Crippen molar-refractivity contribution in [3.8, 4) is 11.4 Å². The van der Waals surface area contributed by atoms with Gasteiger partial charge in [0.25, 0.3) is 11.8 Å². The molecule has 1 saturated heterocycles. The molecule has 1 amide bonds. The van der Waals surface area contributed by atoms with Crippen LogP contribution in [0, 0.1) is 5.92 Å². The van der Waals surface area contributed by atoms with Crippen molar-refractivity contribution in [1.82, 2.24) is 34.8 Å². The van der Waals surface area contributed by atoms with Gasteiger partial charge in [-0.25, -0.2) is 18.7 Å². The molecule has 35 heavy (non-hydrogen) atoms. The van der Waals surface area contributed by atoms with Crippen molar-refractivity contribution < 1.29 is 26.7 Å². The molecule has 1 aliphatic rings. The summed E-state index contributed by atoms with van der Waals surface area (Å²) in [6.45, 7) is 0.659. The molecule has 4 rings (SSSR count). The van der Waals surface area contributed by atoms with Gasteiger partial charge in [0.2, 0.25) is 5.95 Å². The number of anilines is 1. The van der Waals surface area contributed by atoms with Crippen LogP contribution in [0.3, 0.4) is 0 Å². The summed E-state index contributed by atoms with van der Waals surface area (Å²) in [6, 6.07) is 4.25. The van der Waals surface area contributed by atoms with Gasteiger partial charge in [-0.15, -0.1) is 5.10 Å². The van der Waals surface area contributed by atoms with Gasteiger partial charge in [0.05, 0.1) is 23.8 Å². The van der Waals surface area contributed by atoms with Gasteiger partial charge in [-0.1, -0.05) is 13.0 Å². The van der Waals surface area contributed by atoms with E-state index in [0.29, 0.717) is 18.1 Å². The predicted octanol–water partition coefficient (Wildman–Crippen LogP) is 3.28. The Morgan fingerprint density at radius 3 is 2.51 bits per heavy atom. The minimum Gasteiger partial charge on any atom is -0.352 e. The zero-order valence-electron chi connectivity index (χ0n) is 18.7. The molecule has 0 aliphatic carbocycles. The number of carbonyl (C=O) groups excluding carboxylic acids is 1. The lowest BCUT2D eigenvalue weighted by Gasteiger charge is -2.43. The number of hydrogen-bond acceptors (Lipinski definition) is 7. The highest BCUT2D eigenvalue weighted by atomic mass is 19.4. The van der Waals surface area contributed by atoms with Crippen LogP contribution in [0.2, 0.25) is 0 Å². The molecule has 0 radical (unpaired) electrons. The van der Waals surface area contributed by atoms with Gasteiger partial charge in [0.1, 0.15) is 5.69 Å². The normalized spacial score (nSPS) is 20.0. The molecule has 186 valence electrons. The number of hydrogen-bond donors (Lipinski definition) is 1. The van der Waals surface area contributed by atoms with Gasteiger partial charge in [-0.05, 0) is 18.1 Å². The summed E-state index contributed by atoms with van der Waals surface area (Å²) in [5.41, 5.74) is -0.645. The highest BCUT2D eigenvalue weighted by molar-refractivity contribution is 5.97. The quantitative estimate of drug-likeness (QED) is 0.541. The van der Waals surface area contributed by atoms with E-state index in [1.807, 2.05) is 0 Å². The maximum Gasteiger partial charge on any atom is 0.419 e. The summed E-state index contributed by atoms with van der Waals surface area (Å²) < 4.78 is 67.2. The largest absolute Gasteiger partial charge is 0.419 e. The summed E-state index contributed by atoms with van der Waals surface area (Å²) in [5.74, 6) is -4.67. The first-order chi connectivity index (χ1) is 16.4. The molecule has 14 heteroatoms. The van der Waals surface area contributed by atoms with E-state index >= 15 is 0 Å². The Hall–Kier alpha value is -3.71. The fraction of sp³-hybridized carbons (Fsp3) is 0.429.